The van der Waals surface area contributed by atoms with Crippen LogP contribution in [0.15, 0.2) is 24.3 Å². The summed E-state index contributed by atoms with van der Waals surface area (Å²) in [5.41, 5.74) is 4.62. The molecule has 6 heteroatoms. The van der Waals surface area contributed by atoms with E-state index in [-0.39, 0.29) is 6.17 Å². The van der Waals surface area contributed by atoms with E-state index in [0.29, 0.717) is 0 Å². The summed E-state index contributed by atoms with van der Waals surface area (Å²) in [7, 11) is 3.95. The van der Waals surface area contributed by atoms with Gasteiger partial charge in [-0.25, -0.2) is 5.48 Å². The molecule has 1 aromatic rings. The predicted molar refractivity (Wildman–Crippen MR) is 75.1 cm³/mol. The quantitative estimate of drug-likeness (QED) is 0.363. The summed E-state index contributed by atoms with van der Waals surface area (Å²) in [5, 5.41) is 15.0. The standard InChI is InChI=1S/C13H18N4O2/c1-14-8-12-15-10-7-9(4-6-13(18)16-19)3-5-11(10)17(12)2/h3-7,12,14-15,19H,8H2,1-2H3,(H,16,18)/b6-4+. The highest BCUT2D eigenvalue weighted by Crippen LogP contribution is 2.34. The number of hydroxylamine groups is 1. The molecule has 0 radical (unpaired) electrons. The first-order valence-electron chi connectivity index (χ1n) is 6.06. The Hall–Kier alpha value is -2.05. The topological polar surface area (TPSA) is 76.6 Å². The molecule has 1 aliphatic rings. The molecule has 0 saturated carbocycles. The molecule has 0 aromatic heterocycles. The summed E-state index contributed by atoms with van der Waals surface area (Å²) >= 11 is 0. The first-order chi connectivity index (χ1) is 9.15. The van der Waals surface area contributed by atoms with Crippen LogP contribution in [0, 0.1) is 0 Å². The van der Waals surface area contributed by atoms with Crippen molar-refractivity contribution in [3.63, 3.8) is 0 Å². The van der Waals surface area contributed by atoms with Crippen LogP contribution in [0.25, 0.3) is 6.08 Å². The van der Waals surface area contributed by atoms with E-state index < -0.39 is 5.91 Å². The van der Waals surface area contributed by atoms with Crippen LogP contribution in [0.4, 0.5) is 11.4 Å². The van der Waals surface area contributed by atoms with Gasteiger partial charge in [0, 0.05) is 19.7 Å². The van der Waals surface area contributed by atoms with Gasteiger partial charge in [-0.1, -0.05) is 6.07 Å². The van der Waals surface area contributed by atoms with Gasteiger partial charge in [-0.15, -0.1) is 0 Å². The number of fused-ring (bicyclic) bond motifs is 1. The predicted octanol–water partition coefficient (Wildman–Crippen LogP) is 0.612. The van der Waals surface area contributed by atoms with E-state index in [1.54, 1.807) is 11.6 Å². The second-order valence-electron chi connectivity index (χ2n) is 4.41. The van der Waals surface area contributed by atoms with Crippen LogP contribution in [-0.2, 0) is 4.79 Å². The molecule has 0 bridgehead atoms. The van der Waals surface area contributed by atoms with Crippen LogP contribution in [0.2, 0.25) is 0 Å². The van der Waals surface area contributed by atoms with Crippen molar-refractivity contribution in [2.24, 2.45) is 0 Å². The first-order valence-corrected chi connectivity index (χ1v) is 6.06. The maximum absolute atomic E-state index is 10.9. The van der Waals surface area contributed by atoms with Gasteiger partial charge < -0.3 is 15.5 Å². The van der Waals surface area contributed by atoms with Crippen molar-refractivity contribution < 1.29 is 10.0 Å². The number of benzene rings is 1. The molecule has 1 amide bonds. The molecule has 102 valence electrons. The van der Waals surface area contributed by atoms with Crippen LogP contribution >= 0.6 is 0 Å². The maximum Gasteiger partial charge on any atom is 0.267 e. The van der Waals surface area contributed by atoms with Crippen molar-refractivity contribution in [3.8, 4) is 0 Å². The molecule has 1 heterocycles. The summed E-state index contributed by atoms with van der Waals surface area (Å²) in [6.07, 6.45) is 3.16. The summed E-state index contributed by atoms with van der Waals surface area (Å²) in [5.74, 6) is -0.543. The number of anilines is 2. The molecule has 1 unspecified atom stereocenters. The third-order valence-corrected chi connectivity index (χ3v) is 3.13. The molecule has 1 atom stereocenters. The van der Waals surface area contributed by atoms with E-state index in [1.807, 2.05) is 32.3 Å². The zero-order valence-corrected chi connectivity index (χ0v) is 11.0. The molecule has 2 rings (SSSR count). The van der Waals surface area contributed by atoms with Crippen LogP contribution in [-0.4, -0.2) is 37.9 Å². The average molecular weight is 262 g/mol. The second kappa shape index (κ2) is 5.73. The van der Waals surface area contributed by atoms with Gasteiger partial charge in [0.05, 0.1) is 11.4 Å². The van der Waals surface area contributed by atoms with Crippen LogP contribution in [0.3, 0.4) is 0 Å². The minimum absolute atomic E-state index is 0.222. The Morgan fingerprint density at radius 3 is 3.05 bits per heavy atom. The molecule has 6 nitrogen and oxygen atoms in total. The largest absolute Gasteiger partial charge is 0.362 e. The van der Waals surface area contributed by atoms with Gasteiger partial charge in [0.1, 0.15) is 6.17 Å². The lowest BCUT2D eigenvalue weighted by Gasteiger charge is -2.21. The SMILES string of the molecule is CNCC1Nc2cc(/C=C/C(=O)NO)ccc2N1C. The molecule has 19 heavy (non-hydrogen) atoms. The van der Waals surface area contributed by atoms with Gasteiger partial charge in [0.15, 0.2) is 0 Å². The molecular weight excluding hydrogens is 244 g/mol. The number of nitrogens with zero attached hydrogens (tertiary/aromatic N) is 1. The van der Waals surface area contributed by atoms with E-state index in [1.165, 1.54) is 6.08 Å². The lowest BCUT2D eigenvalue weighted by atomic mass is 10.1. The molecule has 0 saturated heterocycles. The fourth-order valence-electron chi connectivity index (χ4n) is 2.12. The number of carbonyl (C=O) groups is 1. The van der Waals surface area contributed by atoms with Crippen LogP contribution in [0.5, 0.6) is 0 Å². The number of hydrogen-bond acceptors (Lipinski definition) is 5. The third-order valence-electron chi connectivity index (χ3n) is 3.13. The van der Waals surface area contributed by atoms with Gasteiger partial charge in [-0.3, -0.25) is 10.0 Å². The van der Waals surface area contributed by atoms with E-state index in [0.717, 1.165) is 23.5 Å². The maximum atomic E-state index is 10.9. The number of likely N-dealkylation sites (N-methyl/N-ethyl adjacent to an activating group) is 2. The van der Waals surface area contributed by atoms with Crippen molar-refractivity contribution in [1.29, 1.82) is 0 Å². The lowest BCUT2D eigenvalue weighted by Crippen LogP contribution is -2.40. The van der Waals surface area contributed by atoms with Crippen molar-refractivity contribution in [2.75, 3.05) is 30.9 Å². The molecule has 1 aromatic carbocycles. The molecule has 4 N–H and O–H groups in total. The number of carbonyl (C=O) groups excluding carboxylic acids is 1. The highest BCUT2D eigenvalue weighted by Gasteiger charge is 2.24. The Bertz CT molecular complexity index is 501. The third kappa shape index (κ3) is 2.86. The summed E-state index contributed by atoms with van der Waals surface area (Å²) in [6, 6.07) is 5.91. The summed E-state index contributed by atoms with van der Waals surface area (Å²) < 4.78 is 0. The van der Waals surface area contributed by atoms with Gasteiger partial charge in [-0.05, 0) is 30.8 Å². The second-order valence-corrected chi connectivity index (χ2v) is 4.41. The van der Waals surface area contributed by atoms with E-state index in [9.17, 15) is 4.79 Å². The summed E-state index contributed by atoms with van der Waals surface area (Å²) in [4.78, 5) is 13.1. The number of nitrogens with one attached hydrogen (secondary N) is 3. The molecule has 0 aliphatic carbocycles. The number of amides is 1. The molecular formula is C13H18N4O2. The monoisotopic (exact) mass is 262 g/mol. The average Bonchev–Trinajstić information content (AvgIpc) is 2.73. The van der Waals surface area contributed by atoms with Crippen LogP contribution < -0.4 is 21.0 Å². The Morgan fingerprint density at radius 2 is 2.37 bits per heavy atom. The lowest BCUT2D eigenvalue weighted by molar-refractivity contribution is -0.124. The van der Waals surface area contributed by atoms with Crippen molar-refractivity contribution >= 4 is 23.4 Å². The highest BCUT2D eigenvalue weighted by atomic mass is 16.5. The molecule has 0 spiro atoms. The Kier molecular flexibility index (Phi) is 4.03. The fourth-order valence-corrected chi connectivity index (χ4v) is 2.12. The van der Waals surface area contributed by atoms with E-state index in [4.69, 9.17) is 5.21 Å². The van der Waals surface area contributed by atoms with Crippen molar-refractivity contribution in [2.45, 2.75) is 6.17 Å². The minimum Gasteiger partial charge on any atom is -0.362 e. The Morgan fingerprint density at radius 1 is 1.58 bits per heavy atom. The van der Waals surface area contributed by atoms with Crippen LogP contribution in [0.1, 0.15) is 5.56 Å². The zero-order valence-electron chi connectivity index (χ0n) is 11.0. The Labute approximate surface area is 112 Å². The minimum atomic E-state index is -0.543. The Balaban J connectivity index is 2.16. The van der Waals surface area contributed by atoms with Gasteiger partial charge in [0.2, 0.25) is 0 Å². The van der Waals surface area contributed by atoms with E-state index >= 15 is 0 Å². The van der Waals surface area contributed by atoms with Gasteiger partial charge in [-0.2, -0.15) is 0 Å². The normalized spacial score (nSPS) is 17.4. The molecule has 1 aliphatic heterocycles. The van der Waals surface area contributed by atoms with E-state index in [2.05, 4.69) is 15.5 Å². The fraction of sp³-hybridized carbons (Fsp3) is 0.308. The number of rotatable bonds is 4. The summed E-state index contributed by atoms with van der Waals surface area (Å²) in [6.45, 7) is 0.837. The van der Waals surface area contributed by atoms with Gasteiger partial charge >= 0.3 is 0 Å². The molecule has 0 fully saturated rings. The smallest absolute Gasteiger partial charge is 0.267 e. The first kappa shape index (κ1) is 13.4. The highest BCUT2D eigenvalue weighted by molar-refractivity contribution is 5.91. The number of hydrogen-bond donors (Lipinski definition) is 4. The van der Waals surface area contributed by atoms with Gasteiger partial charge in [0.25, 0.3) is 5.91 Å². The van der Waals surface area contributed by atoms with Crippen molar-refractivity contribution in [1.82, 2.24) is 10.8 Å². The van der Waals surface area contributed by atoms with Crippen molar-refractivity contribution in [3.05, 3.63) is 29.8 Å². The zero-order chi connectivity index (χ0) is 13.8.